The van der Waals surface area contributed by atoms with E-state index in [0.717, 1.165) is 32.2 Å². The normalized spacial score (nSPS) is 19.7. The fourth-order valence-electron chi connectivity index (χ4n) is 3.56. The summed E-state index contributed by atoms with van der Waals surface area (Å²) in [6, 6.07) is 8.64. The Labute approximate surface area is 159 Å². The van der Waals surface area contributed by atoms with Crippen LogP contribution < -0.4 is 10.1 Å². The molecule has 2 aliphatic heterocycles. The summed E-state index contributed by atoms with van der Waals surface area (Å²) in [7, 11) is 0. The van der Waals surface area contributed by atoms with Crippen LogP contribution in [0.1, 0.15) is 46.6 Å². The van der Waals surface area contributed by atoms with E-state index in [4.69, 9.17) is 9.15 Å². The molecule has 1 fully saturated rings. The zero-order valence-electron chi connectivity index (χ0n) is 14.2. The Bertz CT molecular complexity index is 848. The van der Waals surface area contributed by atoms with Gasteiger partial charge in [-0.05, 0) is 65.5 Å². The lowest BCUT2D eigenvalue weighted by atomic mass is 9.97. The first-order valence-electron chi connectivity index (χ1n) is 8.76. The molecule has 136 valence electrons. The molecule has 1 unspecified atom stereocenters. The van der Waals surface area contributed by atoms with E-state index < -0.39 is 0 Å². The van der Waals surface area contributed by atoms with E-state index in [1.807, 2.05) is 4.90 Å². The van der Waals surface area contributed by atoms with Gasteiger partial charge in [0.05, 0.1) is 12.2 Å². The Morgan fingerprint density at radius 2 is 2.08 bits per heavy atom. The van der Waals surface area contributed by atoms with Crippen molar-refractivity contribution in [2.75, 3.05) is 18.5 Å². The van der Waals surface area contributed by atoms with E-state index in [0.29, 0.717) is 28.3 Å². The monoisotopic (exact) mass is 418 g/mol. The van der Waals surface area contributed by atoms with E-state index in [1.165, 1.54) is 0 Å². The first kappa shape index (κ1) is 17.1. The predicted molar refractivity (Wildman–Crippen MR) is 99.6 cm³/mol. The summed E-state index contributed by atoms with van der Waals surface area (Å²) < 4.78 is 11.6. The number of amides is 2. The van der Waals surface area contributed by atoms with Gasteiger partial charge in [-0.15, -0.1) is 0 Å². The van der Waals surface area contributed by atoms with E-state index in [-0.39, 0.29) is 23.6 Å². The van der Waals surface area contributed by atoms with Gasteiger partial charge in [0.15, 0.2) is 10.4 Å². The second-order valence-corrected chi connectivity index (χ2v) is 7.34. The minimum Gasteiger partial charge on any atom is -0.493 e. The number of piperidine rings is 1. The number of ether oxygens (including phenoxy) is 1. The molecule has 0 spiro atoms. The number of anilines is 1. The summed E-state index contributed by atoms with van der Waals surface area (Å²) >= 11 is 3.18. The third-order valence-electron chi connectivity index (χ3n) is 4.86. The number of fused-ring (bicyclic) bond motifs is 2. The Kier molecular flexibility index (Phi) is 4.72. The number of nitrogens with zero attached hydrogens (tertiary/aromatic N) is 1. The number of hydrogen-bond donors (Lipinski definition) is 1. The molecule has 1 N–H and O–H groups in total. The first-order chi connectivity index (χ1) is 12.6. The van der Waals surface area contributed by atoms with Gasteiger partial charge in [-0.1, -0.05) is 0 Å². The van der Waals surface area contributed by atoms with Gasteiger partial charge in [0.25, 0.3) is 11.8 Å². The molecular weight excluding hydrogens is 400 g/mol. The molecule has 0 radical (unpaired) electrons. The highest BCUT2D eigenvalue weighted by atomic mass is 79.9. The van der Waals surface area contributed by atoms with Crippen molar-refractivity contribution in [2.24, 2.45) is 0 Å². The maximum absolute atomic E-state index is 13.0. The molecule has 0 bridgehead atoms. The minimum absolute atomic E-state index is 0.0266. The van der Waals surface area contributed by atoms with E-state index in [2.05, 4.69) is 21.2 Å². The molecule has 6 nitrogen and oxygen atoms in total. The molecule has 0 aliphatic carbocycles. The Morgan fingerprint density at radius 3 is 2.88 bits per heavy atom. The number of rotatable bonds is 2. The predicted octanol–water partition coefficient (Wildman–Crippen LogP) is 4.07. The van der Waals surface area contributed by atoms with Crippen LogP contribution in [-0.2, 0) is 0 Å². The van der Waals surface area contributed by atoms with Gasteiger partial charge in [0, 0.05) is 24.7 Å². The van der Waals surface area contributed by atoms with E-state index in [9.17, 15) is 9.59 Å². The van der Waals surface area contributed by atoms with Crippen LogP contribution in [0.25, 0.3) is 0 Å². The van der Waals surface area contributed by atoms with Crippen LogP contribution in [0.4, 0.5) is 5.69 Å². The van der Waals surface area contributed by atoms with E-state index in [1.54, 1.807) is 30.3 Å². The van der Waals surface area contributed by atoms with Gasteiger partial charge in [-0.25, -0.2) is 0 Å². The van der Waals surface area contributed by atoms with Gasteiger partial charge in [0.2, 0.25) is 0 Å². The first-order valence-corrected chi connectivity index (χ1v) is 9.55. The highest BCUT2D eigenvalue weighted by molar-refractivity contribution is 9.10. The summed E-state index contributed by atoms with van der Waals surface area (Å²) in [5.74, 6) is 0.368. The van der Waals surface area contributed by atoms with Crippen molar-refractivity contribution in [3.05, 3.63) is 46.3 Å². The largest absolute Gasteiger partial charge is 0.493 e. The SMILES string of the molecule is O=C(Nc1ccc2c(c1)C(=O)N1CCCCC1CCO2)c1ccc(Br)o1. The number of furan rings is 1. The molecule has 1 aromatic carbocycles. The number of halogens is 1. The van der Waals surface area contributed by atoms with Crippen molar-refractivity contribution in [3.8, 4) is 5.75 Å². The average molecular weight is 419 g/mol. The fourth-order valence-corrected chi connectivity index (χ4v) is 3.86. The second kappa shape index (κ2) is 7.15. The molecule has 2 aliphatic rings. The molecule has 1 saturated heterocycles. The average Bonchev–Trinajstić information content (AvgIpc) is 3.08. The van der Waals surface area contributed by atoms with Crippen molar-refractivity contribution in [1.29, 1.82) is 0 Å². The number of hydrogen-bond acceptors (Lipinski definition) is 4. The van der Waals surface area contributed by atoms with Crippen molar-refractivity contribution in [1.82, 2.24) is 4.90 Å². The van der Waals surface area contributed by atoms with Crippen LogP contribution in [0, 0.1) is 0 Å². The van der Waals surface area contributed by atoms with Gasteiger partial charge in [0.1, 0.15) is 5.75 Å². The summed E-state index contributed by atoms with van der Waals surface area (Å²) in [6.45, 7) is 1.37. The zero-order chi connectivity index (χ0) is 18.1. The molecular formula is C19H19BrN2O4. The Hall–Kier alpha value is -2.28. The number of benzene rings is 1. The lowest BCUT2D eigenvalue weighted by Crippen LogP contribution is -2.45. The summed E-state index contributed by atoms with van der Waals surface area (Å²) in [6.07, 6.45) is 4.06. The van der Waals surface area contributed by atoms with Gasteiger partial charge in [-0.2, -0.15) is 0 Å². The summed E-state index contributed by atoms with van der Waals surface area (Å²) in [4.78, 5) is 27.3. The molecule has 2 aromatic rings. The van der Waals surface area contributed by atoms with Crippen LogP contribution >= 0.6 is 15.9 Å². The number of carbonyl (C=O) groups is 2. The van der Waals surface area contributed by atoms with Gasteiger partial charge < -0.3 is 19.4 Å². The molecule has 1 atom stereocenters. The fraction of sp³-hybridized carbons (Fsp3) is 0.368. The quantitative estimate of drug-likeness (QED) is 0.797. The van der Waals surface area contributed by atoms with Crippen molar-refractivity contribution in [3.63, 3.8) is 0 Å². The van der Waals surface area contributed by atoms with Crippen LogP contribution in [0.15, 0.2) is 39.4 Å². The van der Waals surface area contributed by atoms with Crippen molar-refractivity contribution < 1.29 is 18.7 Å². The molecule has 1 aromatic heterocycles. The molecule has 2 amide bonds. The second-order valence-electron chi connectivity index (χ2n) is 6.55. The molecule has 4 rings (SSSR count). The zero-order valence-corrected chi connectivity index (χ0v) is 15.8. The van der Waals surface area contributed by atoms with Crippen LogP contribution in [0.2, 0.25) is 0 Å². The Morgan fingerprint density at radius 1 is 1.19 bits per heavy atom. The molecule has 3 heterocycles. The van der Waals surface area contributed by atoms with E-state index >= 15 is 0 Å². The smallest absolute Gasteiger partial charge is 0.291 e. The molecule has 7 heteroatoms. The van der Waals surface area contributed by atoms with Gasteiger partial charge in [-0.3, -0.25) is 9.59 Å². The third kappa shape index (κ3) is 3.35. The maximum atomic E-state index is 13.0. The highest BCUT2D eigenvalue weighted by Crippen LogP contribution is 2.31. The standard InChI is InChI=1S/C19H19BrN2O4/c20-17-7-6-16(26-17)18(23)21-12-4-5-15-14(11-12)19(24)22-9-2-1-3-13(22)8-10-25-15/h4-7,11,13H,1-3,8-10H2,(H,21,23). The van der Waals surface area contributed by atoms with Crippen molar-refractivity contribution in [2.45, 2.75) is 31.7 Å². The van der Waals surface area contributed by atoms with Gasteiger partial charge >= 0.3 is 0 Å². The Balaban J connectivity index is 1.60. The lowest BCUT2D eigenvalue weighted by Gasteiger charge is -2.37. The lowest BCUT2D eigenvalue weighted by molar-refractivity contribution is 0.0548. The maximum Gasteiger partial charge on any atom is 0.291 e. The minimum atomic E-state index is -0.370. The molecule has 26 heavy (non-hydrogen) atoms. The highest BCUT2D eigenvalue weighted by Gasteiger charge is 2.31. The number of nitrogens with one attached hydrogen (secondary N) is 1. The van der Waals surface area contributed by atoms with Crippen LogP contribution in [0.3, 0.4) is 0 Å². The molecule has 0 saturated carbocycles. The van der Waals surface area contributed by atoms with Crippen LogP contribution in [-0.4, -0.2) is 35.9 Å². The third-order valence-corrected chi connectivity index (χ3v) is 5.29. The number of carbonyl (C=O) groups excluding carboxylic acids is 2. The van der Waals surface area contributed by atoms with Crippen molar-refractivity contribution >= 4 is 33.4 Å². The summed E-state index contributed by atoms with van der Waals surface area (Å²) in [5.41, 5.74) is 1.03. The van der Waals surface area contributed by atoms with Crippen LogP contribution in [0.5, 0.6) is 5.75 Å². The topological polar surface area (TPSA) is 71.8 Å². The summed E-state index contributed by atoms with van der Waals surface area (Å²) in [5, 5.41) is 2.77.